The minimum absolute atomic E-state index is 0.0784. The third-order valence-corrected chi connectivity index (χ3v) is 5.34. The summed E-state index contributed by atoms with van der Waals surface area (Å²) in [7, 11) is -2.99. The van der Waals surface area contributed by atoms with Crippen molar-refractivity contribution in [3.63, 3.8) is 0 Å². The summed E-state index contributed by atoms with van der Waals surface area (Å²) in [5.74, 6) is -0.670. The van der Waals surface area contributed by atoms with Gasteiger partial charge in [-0.25, -0.2) is 8.42 Å². The Hall–Kier alpha value is -1.40. The topological polar surface area (TPSA) is 74.7 Å². The molecule has 110 valence electrons. The normalized spacial score (nSPS) is 21.1. The number of benzene rings is 1. The molecule has 0 aliphatic carbocycles. The van der Waals surface area contributed by atoms with Gasteiger partial charge in [-0.1, -0.05) is 30.3 Å². The van der Waals surface area contributed by atoms with Crippen LogP contribution in [-0.4, -0.2) is 55.0 Å². The van der Waals surface area contributed by atoms with E-state index in [4.69, 9.17) is 5.11 Å². The second-order valence-corrected chi connectivity index (χ2v) is 7.39. The molecule has 0 bridgehead atoms. The van der Waals surface area contributed by atoms with E-state index in [0.29, 0.717) is 13.0 Å². The molecule has 0 saturated carbocycles. The molecule has 5 nitrogen and oxygen atoms in total. The maximum Gasteiger partial charge on any atom is 0.317 e. The van der Waals surface area contributed by atoms with Crippen LogP contribution in [0.15, 0.2) is 30.3 Å². The van der Waals surface area contributed by atoms with Crippen LogP contribution in [0.25, 0.3) is 0 Å². The molecule has 0 spiro atoms. The van der Waals surface area contributed by atoms with Gasteiger partial charge < -0.3 is 5.11 Å². The van der Waals surface area contributed by atoms with Crippen molar-refractivity contribution < 1.29 is 18.3 Å². The molecule has 1 aromatic rings. The van der Waals surface area contributed by atoms with Crippen molar-refractivity contribution in [2.45, 2.75) is 18.9 Å². The summed E-state index contributed by atoms with van der Waals surface area (Å²) >= 11 is 0. The SMILES string of the molecule is O=C(O)CN(CCc1ccccc1)C1CCS(=O)(=O)C1. The van der Waals surface area contributed by atoms with Crippen molar-refractivity contribution in [2.75, 3.05) is 24.6 Å². The minimum atomic E-state index is -2.99. The highest BCUT2D eigenvalue weighted by molar-refractivity contribution is 7.91. The van der Waals surface area contributed by atoms with Crippen LogP contribution >= 0.6 is 0 Å². The maximum absolute atomic E-state index is 11.5. The molecule has 1 unspecified atom stereocenters. The Morgan fingerprint density at radius 2 is 2.00 bits per heavy atom. The first kappa shape index (κ1) is 15.0. The Kier molecular flexibility index (Phi) is 4.77. The van der Waals surface area contributed by atoms with Gasteiger partial charge >= 0.3 is 5.97 Å². The number of sulfone groups is 1. The predicted octanol–water partition coefficient (Wildman–Crippen LogP) is 0.803. The van der Waals surface area contributed by atoms with Gasteiger partial charge in [-0.3, -0.25) is 9.69 Å². The third kappa shape index (κ3) is 4.31. The van der Waals surface area contributed by atoms with Crippen molar-refractivity contribution in [3.05, 3.63) is 35.9 Å². The number of hydrogen-bond acceptors (Lipinski definition) is 4. The summed E-state index contributed by atoms with van der Waals surface area (Å²) in [5.41, 5.74) is 1.13. The lowest BCUT2D eigenvalue weighted by molar-refractivity contribution is -0.138. The number of hydrogen-bond donors (Lipinski definition) is 1. The molecular formula is C14H19NO4S. The zero-order chi connectivity index (χ0) is 14.6. The Labute approximate surface area is 119 Å². The third-order valence-electron chi connectivity index (χ3n) is 3.59. The molecule has 20 heavy (non-hydrogen) atoms. The fourth-order valence-electron chi connectivity index (χ4n) is 2.55. The number of nitrogens with zero attached hydrogens (tertiary/aromatic N) is 1. The van der Waals surface area contributed by atoms with Crippen molar-refractivity contribution in [1.82, 2.24) is 4.90 Å². The van der Waals surface area contributed by atoms with Gasteiger partial charge in [-0.2, -0.15) is 0 Å². The quantitative estimate of drug-likeness (QED) is 0.841. The van der Waals surface area contributed by atoms with Crippen LogP contribution in [0.1, 0.15) is 12.0 Å². The number of carboxylic acid groups (broad SMARTS) is 1. The van der Waals surface area contributed by atoms with E-state index in [2.05, 4.69) is 0 Å². The molecular weight excluding hydrogens is 278 g/mol. The first-order chi connectivity index (χ1) is 9.46. The summed E-state index contributed by atoms with van der Waals surface area (Å²) < 4.78 is 23.1. The molecule has 1 N–H and O–H groups in total. The summed E-state index contributed by atoms with van der Waals surface area (Å²) in [6, 6.07) is 9.63. The number of carbonyl (C=O) groups is 1. The Morgan fingerprint density at radius 1 is 1.30 bits per heavy atom. The molecule has 0 aromatic heterocycles. The van der Waals surface area contributed by atoms with Crippen LogP contribution in [0.4, 0.5) is 0 Å². The molecule has 1 saturated heterocycles. The van der Waals surface area contributed by atoms with E-state index in [1.807, 2.05) is 30.3 Å². The zero-order valence-electron chi connectivity index (χ0n) is 11.2. The van der Waals surface area contributed by atoms with Crippen LogP contribution in [0.5, 0.6) is 0 Å². The molecule has 6 heteroatoms. The van der Waals surface area contributed by atoms with E-state index >= 15 is 0 Å². The standard InChI is InChI=1S/C14H19NO4S/c16-14(17)10-15(13-7-9-20(18,19)11-13)8-6-12-4-2-1-3-5-12/h1-5,13H,6-11H2,(H,16,17). The van der Waals surface area contributed by atoms with Crippen molar-refractivity contribution in [1.29, 1.82) is 0 Å². The molecule has 2 rings (SSSR count). The van der Waals surface area contributed by atoms with Gasteiger partial charge in [0.1, 0.15) is 0 Å². The van der Waals surface area contributed by atoms with E-state index < -0.39 is 15.8 Å². The zero-order valence-corrected chi connectivity index (χ0v) is 12.1. The Morgan fingerprint density at radius 3 is 2.55 bits per heavy atom. The fraction of sp³-hybridized carbons (Fsp3) is 0.500. The summed E-state index contributed by atoms with van der Waals surface area (Å²) in [4.78, 5) is 12.7. The first-order valence-electron chi connectivity index (χ1n) is 6.66. The van der Waals surface area contributed by atoms with Gasteiger partial charge in [0, 0.05) is 12.6 Å². The highest BCUT2D eigenvalue weighted by Gasteiger charge is 2.32. The van der Waals surface area contributed by atoms with Gasteiger partial charge in [0.25, 0.3) is 0 Å². The number of aliphatic carboxylic acids is 1. The van der Waals surface area contributed by atoms with Crippen LogP contribution in [0.3, 0.4) is 0 Å². The Balaban J connectivity index is 1.99. The molecule has 1 fully saturated rings. The second-order valence-electron chi connectivity index (χ2n) is 5.16. The average molecular weight is 297 g/mol. The lowest BCUT2D eigenvalue weighted by atomic mass is 10.1. The molecule has 1 aliphatic rings. The molecule has 1 aromatic carbocycles. The van der Waals surface area contributed by atoms with Crippen LogP contribution in [0, 0.1) is 0 Å². The van der Waals surface area contributed by atoms with E-state index in [1.165, 1.54) is 0 Å². The lowest BCUT2D eigenvalue weighted by Gasteiger charge is -2.26. The van der Waals surface area contributed by atoms with Gasteiger partial charge in [0.2, 0.25) is 0 Å². The lowest BCUT2D eigenvalue weighted by Crippen LogP contribution is -2.41. The van der Waals surface area contributed by atoms with Gasteiger partial charge in [0.15, 0.2) is 9.84 Å². The first-order valence-corrected chi connectivity index (χ1v) is 8.48. The van der Waals surface area contributed by atoms with E-state index in [1.54, 1.807) is 4.90 Å². The van der Waals surface area contributed by atoms with Crippen LogP contribution in [0.2, 0.25) is 0 Å². The monoisotopic (exact) mass is 297 g/mol. The highest BCUT2D eigenvalue weighted by atomic mass is 32.2. The summed E-state index contributed by atoms with van der Waals surface area (Å²) in [6.07, 6.45) is 1.26. The summed E-state index contributed by atoms with van der Waals surface area (Å²) in [5, 5.41) is 8.98. The molecule has 1 heterocycles. The smallest absolute Gasteiger partial charge is 0.317 e. The largest absolute Gasteiger partial charge is 0.480 e. The fourth-order valence-corrected chi connectivity index (χ4v) is 4.31. The van der Waals surface area contributed by atoms with Crippen molar-refractivity contribution in [3.8, 4) is 0 Å². The molecule has 1 aliphatic heterocycles. The Bertz CT molecular complexity index is 556. The predicted molar refractivity (Wildman–Crippen MR) is 76.4 cm³/mol. The molecule has 0 radical (unpaired) electrons. The average Bonchev–Trinajstić information content (AvgIpc) is 2.76. The highest BCUT2D eigenvalue weighted by Crippen LogP contribution is 2.18. The second kappa shape index (κ2) is 6.37. The number of rotatable bonds is 6. The van der Waals surface area contributed by atoms with Gasteiger partial charge in [-0.15, -0.1) is 0 Å². The van der Waals surface area contributed by atoms with Crippen molar-refractivity contribution in [2.24, 2.45) is 0 Å². The minimum Gasteiger partial charge on any atom is -0.480 e. The molecule has 1 atom stereocenters. The van der Waals surface area contributed by atoms with Crippen LogP contribution in [-0.2, 0) is 21.1 Å². The summed E-state index contributed by atoms with van der Waals surface area (Å²) in [6.45, 7) is 0.462. The molecule has 0 amide bonds. The van der Waals surface area contributed by atoms with E-state index in [-0.39, 0.29) is 24.1 Å². The van der Waals surface area contributed by atoms with E-state index in [0.717, 1.165) is 12.0 Å². The van der Waals surface area contributed by atoms with Gasteiger partial charge in [0.05, 0.1) is 18.1 Å². The van der Waals surface area contributed by atoms with Gasteiger partial charge in [-0.05, 0) is 18.4 Å². The number of carboxylic acids is 1. The van der Waals surface area contributed by atoms with E-state index in [9.17, 15) is 13.2 Å². The maximum atomic E-state index is 11.5. The van der Waals surface area contributed by atoms with Crippen LogP contribution < -0.4 is 0 Å². The van der Waals surface area contributed by atoms with Crippen molar-refractivity contribution >= 4 is 15.8 Å².